The van der Waals surface area contributed by atoms with Gasteiger partial charge in [-0.05, 0) is 23.8 Å². The van der Waals surface area contributed by atoms with Gasteiger partial charge in [-0.25, -0.2) is 4.98 Å². The second-order valence-electron chi connectivity index (χ2n) is 6.59. The molecule has 1 aliphatic heterocycles. The standard InChI is InChI=1S/C18H15ClF3N5O2/c19-13-8-11(10-24-28)9-23-16(13)26-4-6-27(7-5-26)17-15-12(18(20,21)22)2-1-3-14(15)29-25-17/h1-3,8-9H,4-7,10H2. The van der Waals surface area contributed by atoms with Gasteiger partial charge in [-0.2, -0.15) is 18.1 Å². The molecule has 29 heavy (non-hydrogen) atoms. The van der Waals surface area contributed by atoms with Crippen LogP contribution < -0.4 is 9.80 Å². The number of aromatic nitrogens is 2. The average molecular weight is 426 g/mol. The van der Waals surface area contributed by atoms with Crippen molar-refractivity contribution in [1.82, 2.24) is 10.1 Å². The quantitative estimate of drug-likeness (QED) is 0.573. The number of rotatable bonds is 4. The van der Waals surface area contributed by atoms with Crippen LogP contribution in [0.25, 0.3) is 11.0 Å². The second kappa shape index (κ2) is 7.51. The fourth-order valence-electron chi connectivity index (χ4n) is 3.42. The van der Waals surface area contributed by atoms with Crippen LogP contribution >= 0.6 is 11.6 Å². The molecule has 0 aliphatic carbocycles. The summed E-state index contributed by atoms with van der Waals surface area (Å²) < 4.78 is 45.4. The van der Waals surface area contributed by atoms with Gasteiger partial charge < -0.3 is 14.3 Å². The maximum absolute atomic E-state index is 13.4. The molecule has 0 atom stereocenters. The summed E-state index contributed by atoms with van der Waals surface area (Å²) in [4.78, 5) is 18.4. The highest BCUT2D eigenvalue weighted by Crippen LogP contribution is 2.39. The molecule has 4 rings (SSSR count). The van der Waals surface area contributed by atoms with E-state index < -0.39 is 11.7 Å². The predicted octanol–water partition coefficient (Wildman–Crippen LogP) is 4.49. The van der Waals surface area contributed by atoms with Crippen molar-refractivity contribution in [2.24, 2.45) is 5.18 Å². The second-order valence-corrected chi connectivity index (χ2v) is 7.00. The number of benzene rings is 1. The summed E-state index contributed by atoms with van der Waals surface area (Å²) >= 11 is 6.27. The highest BCUT2D eigenvalue weighted by molar-refractivity contribution is 6.33. The summed E-state index contributed by atoms with van der Waals surface area (Å²) in [5.41, 5.74) is -0.0553. The van der Waals surface area contributed by atoms with Crippen molar-refractivity contribution in [2.75, 3.05) is 36.0 Å². The maximum atomic E-state index is 13.4. The van der Waals surface area contributed by atoms with Gasteiger partial charge in [0.25, 0.3) is 0 Å². The first-order valence-electron chi connectivity index (χ1n) is 8.77. The van der Waals surface area contributed by atoms with E-state index in [1.165, 1.54) is 18.3 Å². The largest absolute Gasteiger partial charge is 0.417 e. The first-order chi connectivity index (χ1) is 13.9. The Morgan fingerprint density at radius 3 is 2.45 bits per heavy atom. The van der Waals surface area contributed by atoms with Crippen molar-refractivity contribution in [3.8, 4) is 0 Å². The van der Waals surface area contributed by atoms with E-state index in [1.807, 2.05) is 4.90 Å². The number of pyridine rings is 1. The minimum atomic E-state index is -4.50. The Morgan fingerprint density at radius 2 is 1.83 bits per heavy atom. The van der Waals surface area contributed by atoms with Gasteiger partial charge in [0.15, 0.2) is 11.4 Å². The van der Waals surface area contributed by atoms with Crippen molar-refractivity contribution in [3.63, 3.8) is 0 Å². The lowest BCUT2D eigenvalue weighted by Crippen LogP contribution is -2.47. The van der Waals surface area contributed by atoms with E-state index in [0.29, 0.717) is 42.6 Å². The number of nitrogens with zero attached hydrogens (tertiary/aromatic N) is 5. The molecular formula is C18H15ClF3N5O2. The van der Waals surface area contributed by atoms with Crippen molar-refractivity contribution < 1.29 is 17.7 Å². The first-order valence-corrected chi connectivity index (χ1v) is 9.15. The van der Waals surface area contributed by atoms with Gasteiger partial charge in [-0.15, -0.1) is 0 Å². The van der Waals surface area contributed by atoms with Crippen LogP contribution in [0.4, 0.5) is 24.8 Å². The van der Waals surface area contributed by atoms with Gasteiger partial charge in [0, 0.05) is 32.4 Å². The molecule has 11 heteroatoms. The van der Waals surface area contributed by atoms with E-state index in [1.54, 1.807) is 11.0 Å². The zero-order valence-corrected chi connectivity index (χ0v) is 15.7. The van der Waals surface area contributed by atoms with Crippen molar-refractivity contribution in [2.45, 2.75) is 12.7 Å². The Balaban J connectivity index is 1.56. The average Bonchev–Trinajstić information content (AvgIpc) is 3.12. The van der Waals surface area contributed by atoms with Crippen LogP contribution in [0.2, 0.25) is 5.02 Å². The fraction of sp³-hybridized carbons (Fsp3) is 0.333. The number of fused-ring (bicyclic) bond motifs is 1. The molecule has 0 saturated carbocycles. The van der Waals surface area contributed by atoms with Crippen LogP contribution in [-0.2, 0) is 12.7 Å². The molecule has 1 saturated heterocycles. The van der Waals surface area contributed by atoms with Gasteiger partial charge in [0.2, 0.25) is 0 Å². The van der Waals surface area contributed by atoms with E-state index in [9.17, 15) is 18.1 Å². The van der Waals surface area contributed by atoms with Crippen LogP contribution in [0.3, 0.4) is 0 Å². The summed E-state index contributed by atoms with van der Waals surface area (Å²) in [7, 11) is 0. The van der Waals surface area contributed by atoms with Crippen molar-refractivity contribution in [1.29, 1.82) is 0 Å². The number of anilines is 2. The Morgan fingerprint density at radius 1 is 1.14 bits per heavy atom. The highest BCUT2D eigenvalue weighted by Gasteiger charge is 2.36. The highest BCUT2D eigenvalue weighted by atomic mass is 35.5. The molecule has 3 aromatic rings. The molecule has 1 fully saturated rings. The molecule has 3 heterocycles. The van der Waals surface area contributed by atoms with Crippen LogP contribution in [0.5, 0.6) is 0 Å². The lowest BCUT2D eigenvalue weighted by atomic mass is 10.1. The minimum absolute atomic E-state index is 0.0124. The van der Waals surface area contributed by atoms with Crippen molar-refractivity contribution in [3.05, 3.63) is 51.5 Å². The molecular weight excluding hydrogens is 411 g/mol. The molecule has 0 spiro atoms. The van der Waals surface area contributed by atoms with Gasteiger partial charge in [-0.1, -0.05) is 28.0 Å². The Kier molecular flexibility index (Phi) is 5.03. The molecule has 1 aliphatic rings. The van der Waals surface area contributed by atoms with E-state index in [4.69, 9.17) is 16.1 Å². The number of hydrogen-bond acceptors (Lipinski definition) is 7. The topological polar surface area (TPSA) is 74.8 Å². The van der Waals surface area contributed by atoms with E-state index in [-0.39, 0.29) is 23.3 Å². The molecule has 0 unspecified atom stereocenters. The number of hydrogen-bond donors (Lipinski definition) is 0. The van der Waals surface area contributed by atoms with Crippen LogP contribution in [0.1, 0.15) is 11.1 Å². The summed E-state index contributed by atoms with van der Waals surface area (Å²) in [6.07, 6.45) is -2.97. The smallest absolute Gasteiger partial charge is 0.354 e. The van der Waals surface area contributed by atoms with Gasteiger partial charge in [-0.3, -0.25) is 0 Å². The Labute approximate surface area is 168 Å². The summed E-state index contributed by atoms with van der Waals surface area (Å²) in [6, 6.07) is 5.43. The summed E-state index contributed by atoms with van der Waals surface area (Å²) in [5.74, 6) is 0.737. The molecule has 7 nitrogen and oxygen atoms in total. The third-order valence-corrected chi connectivity index (χ3v) is 5.07. The van der Waals surface area contributed by atoms with Gasteiger partial charge in [0.05, 0.1) is 16.0 Å². The predicted molar refractivity (Wildman–Crippen MR) is 102 cm³/mol. The normalized spacial score (nSPS) is 15.2. The molecule has 0 bridgehead atoms. The summed E-state index contributed by atoms with van der Waals surface area (Å²) in [6.45, 7) is 1.80. The zero-order chi connectivity index (χ0) is 20.6. The SMILES string of the molecule is O=NCc1cnc(N2CCN(c3noc4cccc(C(F)(F)F)c34)CC2)c(Cl)c1. The zero-order valence-electron chi connectivity index (χ0n) is 15.0. The Hall–Kier alpha value is -2.88. The molecule has 1 aromatic carbocycles. The minimum Gasteiger partial charge on any atom is -0.354 e. The lowest BCUT2D eigenvalue weighted by molar-refractivity contribution is -0.136. The molecule has 152 valence electrons. The van der Waals surface area contributed by atoms with Gasteiger partial charge >= 0.3 is 6.18 Å². The third-order valence-electron chi connectivity index (χ3n) is 4.79. The molecule has 0 amide bonds. The third kappa shape index (κ3) is 3.71. The molecule has 0 N–H and O–H groups in total. The van der Waals surface area contributed by atoms with E-state index >= 15 is 0 Å². The number of piperazine rings is 1. The molecule has 2 aromatic heterocycles. The monoisotopic (exact) mass is 425 g/mol. The Bertz CT molecular complexity index is 1050. The van der Waals surface area contributed by atoms with Crippen molar-refractivity contribution >= 4 is 34.2 Å². The van der Waals surface area contributed by atoms with Crippen LogP contribution in [0.15, 0.2) is 40.2 Å². The van der Waals surface area contributed by atoms with Crippen LogP contribution in [-0.4, -0.2) is 36.3 Å². The van der Waals surface area contributed by atoms with E-state index in [0.717, 1.165) is 6.07 Å². The first kappa shape index (κ1) is 19.4. The summed E-state index contributed by atoms with van der Waals surface area (Å²) in [5, 5.41) is 7.07. The fourth-order valence-corrected chi connectivity index (χ4v) is 3.73. The number of halogens is 4. The maximum Gasteiger partial charge on any atom is 0.417 e. The molecule has 0 radical (unpaired) electrons. The van der Waals surface area contributed by atoms with Gasteiger partial charge in [0.1, 0.15) is 12.4 Å². The number of nitroso groups, excluding NO2 is 1. The van der Waals surface area contributed by atoms with Crippen LogP contribution in [0, 0.1) is 4.91 Å². The number of alkyl halides is 3. The van der Waals surface area contributed by atoms with E-state index in [2.05, 4.69) is 15.3 Å². The lowest BCUT2D eigenvalue weighted by Gasteiger charge is -2.35.